The summed E-state index contributed by atoms with van der Waals surface area (Å²) in [5.74, 6) is 3.10. The summed E-state index contributed by atoms with van der Waals surface area (Å²) in [6, 6.07) is 0. The molecule has 0 bridgehead atoms. The van der Waals surface area contributed by atoms with Gasteiger partial charge in [-0.15, -0.1) is 0 Å². The van der Waals surface area contributed by atoms with Gasteiger partial charge in [0.2, 0.25) is 0 Å². The summed E-state index contributed by atoms with van der Waals surface area (Å²) in [5.41, 5.74) is 6.98. The highest BCUT2D eigenvalue weighted by Gasteiger charge is 2.29. The number of hydrogen-bond donors (Lipinski definition) is 1. The summed E-state index contributed by atoms with van der Waals surface area (Å²) in [4.78, 5) is 11.3. The first-order valence-corrected chi connectivity index (χ1v) is 6.22. The lowest BCUT2D eigenvalue weighted by molar-refractivity contribution is 0.122. The fraction of sp³-hybridized carbons (Fsp3) is 0.667. The average Bonchev–Trinajstić information content (AvgIpc) is 3.18. The first kappa shape index (κ1) is 10.8. The molecule has 3 rings (SSSR count). The van der Waals surface area contributed by atoms with E-state index >= 15 is 0 Å². The Bertz CT molecular complexity index is 425. The van der Waals surface area contributed by atoms with Crippen LogP contribution in [0, 0.1) is 6.92 Å². The number of nitrogen functional groups attached to an aromatic ring is 1. The maximum Gasteiger partial charge on any atom is 0.137 e. The van der Waals surface area contributed by atoms with Gasteiger partial charge in [0.15, 0.2) is 0 Å². The Morgan fingerprint density at radius 3 is 2.59 bits per heavy atom. The number of ether oxygens (including phenoxy) is 1. The molecule has 1 aliphatic carbocycles. The lowest BCUT2D eigenvalue weighted by atomic mass is 10.2. The SMILES string of the molecule is Cc1c(N)nc(C2CC2)nc1N1CCOCC1. The zero-order chi connectivity index (χ0) is 11.8. The molecule has 0 spiro atoms. The quantitative estimate of drug-likeness (QED) is 0.829. The van der Waals surface area contributed by atoms with Gasteiger partial charge in [0.25, 0.3) is 0 Å². The summed E-state index contributed by atoms with van der Waals surface area (Å²) in [7, 11) is 0. The van der Waals surface area contributed by atoms with Gasteiger partial charge in [-0.3, -0.25) is 0 Å². The number of rotatable bonds is 2. The molecule has 0 atom stereocenters. The number of nitrogens with zero attached hydrogens (tertiary/aromatic N) is 3. The average molecular weight is 234 g/mol. The van der Waals surface area contributed by atoms with Gasteiger partial charge in [0, 0.05) is 24.6 Å². The van der Waals surface area contributed by atoms with E-state index < -0.39 is 0 Å². The molecule has 2 fully saturated rings. The molecule has 1 saturated carbocycles. The van der Waals surface area contributed by atoms with Crippen LogP contribution in [0.1, 0.15) is 30.1 Å². The van der Waals surface area contributed by atoms with Crippen LogP contribution in [0.15, 0.2) is 0 Å². The predicted molar refractivity (Wildman–Crippen MR) is 66.2 cm³/mol. The molecule has 0 unspecified atom stereocenters. The molecule has 0 amide bonds. The third-order valence-electron chi connectivity index (χ3n) is 3.43. The maximum absolute atomic E-state index is 5.98. The monoisotopic (exact) mass is 234 g/mol. The maximum atomic E-state index is 5.98. The van der Waals surface area contributed by atoms with Crippen LogP contribution in [-0.2, 0) is 4.74 Å². The van der Waals surface area contributed by atoms with E-state index in [1.54, 1.807) is 0 Å². The number of anilines is 2. The van der Waals surface area contributed by atoms with E-state index in [4.69, 9.17) is 15.5 Å². The van der Waals surface area contributed by atoms with Crippen LogP contribution < -0.4 is 10.6 Å². The van der Waals surface area contributed by atoms with E-state index in [9.17, 15) is 0 Å². The van der Waals surface area contributed by atoms with Crippen molar-refractivity contribution in [2.45, 2.75) is 25.7 Å². The topological polar surface area (TPSA) is 64.3 Å². The van der Waals surface area contributed by atoms with Gasteiger partial charge in [0.1, 0.15) is 17.5 Å². The molecule has 2 N–H and O–H groups in total. The third kappa shape index (κ3) is 2.07. The number of nitrogens with two attached hydrogens (primary N) is 1. The Morgan fingerprint density at radius 2 is 1.94 bits per heavy atom. The largest absolute Gasteiger partial charge is 0.383 e. The smallest absolute Gasteiger partial charge is 0.137 e. The van der Waals surface area contributed by atoms with E-state index in [0.29, 0.717) is 11.7 Å². The fourth-order valence-corrected chi connectivity index (χ4v) is 2.15. The van der Waals surface area contributed by atoms with Crippen molar-refractivity contribution in [3.63, 3.8) is 0 Å². The Morgan fingerprint density at radius 1 is 1.24 bits per heavy atom. The van der Waals surface area contributed by atoms with E-state index in [1.165, 1.54) is 12.8 Å². The van der Waals surface area contributed by atoms with E-state index in [0.717, 1.165) is 43.5 Å². The van der Waals surface area contributed by atoms with Gasteiger partial charge in [-0.25, -0.2) is 9.97 Å². The minimum Gasteiger partial charge on any atom is -0.383 e. The molecule has 5 heteroatoms. The Balaban J connectivity index is 1.95. The van der Waals surface area contributed by atoms with Crippen LogP contribution in [0.3, 0.4) is 0 Å². The minimum atomic E-state index is 0.540. The van der Waals surface area contributed by atoms with Crippen molar-refractivity contribution in [2.75, 3.05) is 36.9 Å². The highest BCUT2D eigenvalue weighted by Crippen LogP contribution is 2.39. The van der Waals surface area contributed by atoms with Crippen molar-refractivity contribution in [3.05, 3.63) is 11.4 Å². The molecule has 1 aliphatic heterocycles. The van der Waals surface area contributed by atoms with Crippen molar-refractivity contribution in [2.24, 2.45) is 0 Å². The van der Waals surface area contributed by atoms with Crippen LogP contribution in [0.4, 0.5) is 11.6 Å². The summed E-state index contributed by atoms with van der Waals surface area (Å²) >= 11 is 0. The summed E-state index contributed by atoms with van der Waals surface area (Å²) < 4.78 is 5.37. The van der Waals surface area contributed by atoms with Gasteiger partial charge in [-0.2, -0.15) is 0 Å². The molecule has 1 saturated heterocycles. The highest BCUT2D eigenvalue weighted by atomic mass is 16.5. The Hall–Kier alpha value is -1.36. The molecule has 2 aliphatic rings. The molecule has 92 valence electrons. The van der Waals surface area contributed by atoms with Gasteiger partial charge in [-0.1, -0.05) is 0 Å². The second-order valence-corrected chi connectivity index (χ2v) is 4.79. The molecular formula is C12H18N4O. The number of aromatic nitrogens is 2. The predicted octanol–water partition coefficient (Wildman–Crippen LogP) is 1.08. The number of morpholine rings is 1. The lowest BCUT2D eigenvalue weighted by Gasteiger charge is -2.29. The van der Waals surface area contributed by atoms with Crippen molar-refractivity contribution in [3.8, 4) is 0 Å². The summed E-state index contributed by atoms with van der Waals surface area (Å²) in [6.45, 7) is 5.31. The van der Waals surface area contributed by atoms with Crippen LogP contribution in [0.2, 0.25) is 0 Å². The van der Waals surface area contributed by atoms with Crippen LogP contribution in [0.5, 0.6) is 0 Å². The molecule has 17 heavy (non-hydrogen) atoms. The standard InChI is InChI=1S/C12H18N4O/c1-8-10(13)14-11(9-2-3-9)15-12(8)16-4-6-17-7-5-16/h9H,2-7H2,1H3,(H2,13,14,15). The van der Waals surface area contributed by atoms with Crippen LogP contribution in [-0.4, -0.2) is 36.3 Å². The van der Waals surface area contributed by atoms with Gasteiger partial charge < -0.3 is 15.4 Å². The van der Waals surface area contributed by atoms with E-state index in [-0.39, 0.29) is 0 Å². The molecule has 0 aromatic carbocycles. The van der Waals surface area contributed by atoms with Crippen molar-refractivity contribution < 1.29 is 4.74 Å². The fourth-order valence-electron chi connectivity index (χ4n) is 2.15. The normalized spacial score (nSPS) is 20.6. The minimum absolute atomic E-state index is 0.540. The second-order valence-electron chi connectivity index (χ2n) is 4.79. The molecular weight excluding hydrogens is 216 g/mol. The Kier molecular flexibility index (Phi) is 2.63. The summed E-state index contributed by atoms with van der Waals surface area (Å²) in [5, 5.41) is 0. The molecule has 5 nitrogen and oxygen atoms in total. The van der Waals surface area contributed by atoms with Crippen LogP contribution in [0.25, 0.3) is 0 Å². The van der Waals surface area contributed by atoms with Crippen molar-refractivity contribution >= 4 is 11.6 Å². The molecule has 0 radical (unpaired) electrons. The molecule has 1 aromatic heterocycles. The lowest BCUT2D eigenvalue weighted by Crippen LogP contribution is -2.37. The first-order valence-electron chi connectivity index (χ1n) is 6.22. The van der Waals surface area contributed by atoms with Gasteiger partial charge in [-0.05, 0) is 19.8 Å². The third-order valence-corrected chi connectivity index (χ3v) is 3.43. The first-order chi connectivity index (χ1) is 8.25. The zero-order valence-corrected chi connectivity index (χ0v) is 10.1. The van der Waals surface area contributed by atoms with Crippen LogP contribution >= 0.6 is 0 Å². The zero-order valence-electron chi connectivity index (χ0n) is 10.1. The van der Waals surface area contributed by atoms with E-state index in [2.05, 4.69) is 9.88 Å². The molecule has 1 aromatic rings. The Labute approximate surface area is 101 Å². The van der Waals surface area contributed by atoms with Gasteiger partial charge in [0.05, 0.1) is 13.2 Å². The highest BCUT2D eigenvalue weighted by molar-refractivity contribution is 5.57. The molecule has 2 heterocycles. The van der Waals surface area contributed by atoms with Crippen molar-refractivity contribution in [1.82, 2.24) is 9.97 Å². The number of hydrogen-bond acceptors (Lipinski definition) is 5. The van der Waals surface area contributed by atoms with Crippen molar-refractivity contribution in [1.29, 1.82) is 0 Å². The summed E-state index contributed by atoms with van der Waals surface area (Å²) in [6.07, 6.45) is 2.40. The van der Waals surface area contributed by atoms with E-state index in [1.807, 2.05) is 6.92 Å². The second kappa shape index (κ2) is 4.14. The van der Waals surface area contributed by atoms with Gasteiger partial charge >= 0.3 is 0 Å².